The molecule has 4 rings (SSSR count). The van der Waals surface area contributed by atoms with Crippen molar-refractivity contribution in [2.45, 2.75) is 18.0 Å². The maximum absolute atomic E-state index is 13.5. The third kappa shape index (κ3) is 4.59. The molecule has 0 aliphatic carbocycles. The lowest BCUT2D eigenvalue weighted by molar-refractivity contribution is -0.904. The molecule has 7 nitrogen and oxygen atoms in total. The third-order valence-electron chi connectivity index (χ3n) is 5.05. The van der Waals surface area contributed by atoms with Crippen LogP contribution in [-0.2, 0) is 16.2 Å². The maximum Gasteiger partial charge on any atom is 0.435 e. The van der Waals surface area contributed by atoms with E-state index in [9.17, 15) is 26.8 Å². The lowest BCUT2D eigenvalue weighted by Gasteiger charge is -2.13. The van der Waals surface area contributed by atoms with E-state index < -0.39 is 21.9 Å². The van der Waals surface area contributed by atoms with Crippen LogP contribution in [0, 0.1) is 6.92 Å². The van der Waals surface area contributed by atoms with Gasteiger partial charge in [-0.2, -0.15) is 18.3 Å². The molecule has 2 aromatic heterocycles. The predicted molar refractivity (Wildman–Crippen MR) is 113 cm³/mol. The minimum absolute atomic E-state index is 0.163. The molecule has 0 bridgehead atoms. The molecule has 0 saturated carbocycles. The summed E-state index contributed by atoms with van der Waals surface area (Å²) in [6.45, 7) is 1.76. The second-order valence-corrected chi connectivity index (χ2v) is 8.80. The number of hydrogen-bond acceptors (Lipinski definition) is 4. The fourth-order valence-corrected chi connectivity index (χ4v) is 3.86. The highest BCUT2D eigenvalue weighted by atomic mass is 32.2. The Morgan fingerprint density at radius 2 is 1.61 bits per heavy atom. The first kappa shape index (κ1) is 22.5. The number of nitrogens with zero attached hydrogens (tertiary/aromatic N) is 3. The molecule has 0 amide bonds. The van der Waals surface area contributed by atoms with E-state index in [0.29, 0.717) is 16.7 Å². The Labute approximate surface area is 187 Å². The number of aryl methyl sites for hydroxylation is 1. The van der Waals surface area contributed by atoms with Crippen LogP contribution in [0.2, 0.25) is 0 Å². The highest BCUT2D eigenvalue weighted by Crippen LogP contribution is 2.36. The van der Waals surface area contributed by atoms with Crippen molar-refractivity contribution in [2.24, 2.45) is 0 Å². The zero-order valence-electron chi connectivity index (χ0n) is 17.1. The van der Waals surface area contributed by atoms with Crippen molar-refractivity contribution in [1.82, 2.24) is 9.78 Å². The molecule has 170 valence electrons. The van der Waals surface area contributed by atoms with E-state index >= 15 is 0 Å². The van der Waals surface area contributed by atoms with Crippen LogP contribution in [0.25, 0.3) is 33.2 Å². The van der Waals surface area contributed by atoms with Crippen molar-refractivity contribution in [3.63, 3.8) is 0 Å². The number of rotatable bonds is 4. The van der Waals surface area contributed by atoms with Gasteiger partial charge in [-0.25, -0.2) is 13.1 Å². The van der Waals surface area contributed by atoms with Crippen molar-refractivity contribution >= 4 is 10.0 Å². The van der Waals surface area contributed by atoms with Crippen LogP contribution in [0.1, 0.15) is 11.3 Å². The molecule has 0 radical (unpaired) electrons. The molecule has 0 aliphatic heterocycles. The molecule has 0 atom stereocenters. The average molecular weight is 474 g/mol. The highest BCUT2D eigenvalue weighted by Gasteiger charge is 2.35. The summed E-state index contributed by atoms with van der Waals surface area (Å²) in [5, 5.41) is 20.3. The number of pyridine rings is 1. The van der Waals surface area contributed by atoms with Gasteiger partial charge < -0.3 is 5.14 Å². The number of sulfonamides is 1. The van der Waals surface area contributed by atoms with Gasteiger partial charge >= 0.3 is 6.18 Å². The van der Waals surface area contributed by atoms with Crippen molar-refractivity contribution < 1.29 is 31.5 Å². The lowest BCUT2D eigenvalue weighted by Crippen LogP contribution is -2.27. The number of aromatic nitrogens is 3. The van der Waals surface area contributed by atoms with E-state index in [1.165, 1.54) is 24.5 Å². The smallest absolute Gasteiger partial charge is 0.435 e. The van der Waals surface area contributed by atoms with Gasteiger partial charge in [0.05, 0.1) is 21.4 Å². The van der Waals surface area contributed by atoms with Gasteiger partial charge in [-0.05, 0) is 60.0 Å². The van der Waals surface area contributed by atoms with E-state index in [1.54, 1.807) is 31.2 Å². The fraction of sp³-hybridized carbons (Fsp3) is 0.0909. The van der Waals surface area contributed by atoms with Crippen molar-refractivity contribution in [1.29, 1.82) is 0 Å². The average Bonchev–Trinajstić information content (AvgIpc) is 3.20. The first-order valence-corrected chi connectivity index (χ1v) is 11.0. The summed E-state index contributed by atoms with van der Waals surface area (Å²) >= 11 is 0. The van der Waals surface area contributed by atoms with Crippen LogP contribution < -0.4 is 4.73 Å². The van der Waals surface area contributed by atoms with Gasteiger partial charge in [-0.1, -0.05) is 12.1 Å². The lowest BCUT2D eigenvalue weighted by atomic mass is 9.98. The van der Waals surface area contributed by atoms with Crippen LogP contribution in [0.3, 0.4) is 0 Å². The van der Waals surface area contributed by atoms with Crippen LogP contribution >= 0.6 is 0 Å². The number of benzene rings is 2. The normalized spacial score (nSPS) is 12.2. The number of nitrogens with one attached hydrogen (secondary N) is 1. The Kier molecular flexibility index (Phi) is 5.46. The first-order valence-electron chi connectivity index (χ1n) is 9.53. The quantitative estimate of drug-likeness (QED) is 0.339. The molecule has 0 saturated heterocycles. The minimum Gasteiger partial charge on any atom is -0.560 e. The first-order chi connectivity index (χ1) is 15.4. The summed E-state index contributed by atoms with van der Waals surface area (Å²) in [6.07, 6.45) is -1.82. The maximum atomic E-state index is 13.5. The Morgan fingerprint density at radius 3 is 2.18 bits per heavy atom. The topological polar surface area (TPSA) is 99.9 Å². The molecule has 2 heterocycles. The van der Waals surface area contributed by atoms with Gasteiger partial charge in [0.2, 0.25) is 12.4 Å². The molecule has 4 aromatic rings. The van der Waals surface area contributed by atoms with E-state index in [0.717, 1.165) is 33.2 Å². The molecule has 0 unspecified atom stereocenters. The van der Waals surface area contributed by atoms with Gasteiger partial charge in [0.15, 0.2) is 5.69 Å². The van der Waals surface area contributed by atoms with Gasteiger partial charge in [0.1, 0.15) is 0 Å². The van der Waals surface area contributed by atoms with Crippen molar-refractivity contribution in [2.75, 3.05) is 0 Å². The Morgan fingerprint density at radius 1 is 0.970 bits per heavy atom. The highest BCUT2D eigenvalue weighted by molar-refractivity contribution is 7.93. The Balaban J connectivity index is 1.90. The summed E-state index contributed by atoms with van der Waals surface area (Å²) in [4.78, 5) is -0.278. The Bertz CT molecular complexity index is 1430. The van der Waals surface area contributed by atoms with Crippen LogP contribution in [0.4, 0.5) is 13.2 Å². The zero-order valence-corrected chi connectivity index (χ0v) is 17.9. The molecular formula is C22H17F3N4O3S. The van der Waals surface area contributed by atoms with Crippen molar-refractivity contribution in [3.8, 4) is 28.1 Å². The SMILES string of the molecule is Cc1ccc(-c2cc[n+](O)cc2)cc1-c1cc(C(F)(F)F)nn1-c1ccc(S([NH-])(=O)=O)cc1. The van der Waals surface area contributed by atoms with Gasteiger partial charge in [0, 0.05) is 27.3 Å². The van der Waals surface area contributed by atoms with Gasteiger partial charge in [0.25, 0.3) is 0 Å². The van der Waals surface area contributed by atoms with Crippen molar-refractivity contribution in [3.05, 3.63) is 89.5 Å². The molecule has 2 aromatic carbocycles. The molecular weight excluding hydrogens is 457 g/mol. The fourth-order valence-electron chi connectivity index (χ4n) is 3.36. The predicted octanol–water partition coefficient (Wildman–Crippen LogP) is 4.80. The van der Waals surface area contributed by atoms with E-state index in [4.69, 9.17) is 5.14 Å². The molecule has 0 spiro atoms. The molecule has 33 heavy (non-hydrogen) atoms. The Hall–Kier alpha value is -3.70. The molecule has 0 fully saturated rings. The summed E-state index contributed by atoms with van der Waals surface area (Å²) in [5.41, 5.74) is 1.93. The molecule has 2 N–H and O–H groups in total. The van der Waals surface area contributed by atoms with E-state index in [2.05, 4.69) is 5.10 Å². The second kappa shape index (κ2) is 8.01. The number of alkyl halides is 3. The largest absolute Gasteiger partial charge is 0.560 e. The standard InChI is InChI=1S/C22H17F3N4O3S/c1-14-2-3-16(15-8-10-28(30)11-9-15)12-19(14)20-13-21(22(23,24)25)27-29(20)17-4-6-18(7-5-17)33(26,31)32/h2-13H,1H3,(H2-,26,30,31,32). The molecule has 0 aliphatic rings. The van der Waals surface area contributed by atoms with E-state index in [-0.39, 0.29) is 16.3 Å². The number of halogens is 3. The third-order valence-corrected chi connectivity index (χ3v) is 5.94. The zero-order chi connectivity index (χ0) is 24.0. The van der Waals surface area contributed by atoms with Crippen LogP contribution in [-0.4, -0.2) is 23.4 Å². The number of hydrogen-bond donors (Lipinski definition) is 1. The molecule has 11 heteroatoms. The van der Waals surface area contributed by atoms with Gasteiger partial charge in [-0.3, -0.25) is 5.21 Å². The van der Waals surface area contributed by atoms with Gasteiger partial charge in [-0.15, -0.1) is 0 Å². The minimum atomic E-state index is -4.69. The monoisotopic (exact) mass is 474 g/mol. The summed E-state index contributed by atoms with van der Waals surface area (Å²) in [6, 6.07) is 14.5. The van der Waals surface area contributed by atoms with Crippen LogP contribution in [0.15, 0.2) is 78.0 Å². The van der Waals surface area contributed by atoms with E-state index in [1.807, 2.05) is 6.07 Å². The summed E-state index contributed by atoms with van der Waals surface area (Å²) in [5.74, 6) is 0. The second-order valence-electron chi connectivity index (χ2n) is 7.32. The summed E-state index contributed by atoms with van der Waals surface area (Å²) in [7, 11) is -4.21. The summed E-state index contributed by atoms with van der Waals surface area (Å²) < 4.78 is 65.3. The van der Waals surface area contributed by atoms with Crippen LogP contribution in [0.5, 0.6) is 0 Å².